The lowest BCUT2D eigenvalue weighted by atomic mass is 10.1. The highest BCUT2D eigenvalue weighted by Crippen LogP contribution is 2.18. The van der Waals surface area contributed by atoms with E-state index in [2.05, 4.69) is 5.32 Å². The van der Waals surface area contributed by atoms with Gasteiger partial charge in [-0.05, 0) is 19.1 Å². The SMILES string of the molecule is COc1ccc(C)cc1C[NH+](C)CC(=O)NCC(N)=O. The molecule has 20 heavy (non-hydrogen) atoms. The first-order valence-electron chi connectivity index (χ1n) is 6.42. The third-order valence-electron chi connectivity index (χ3n) is 2.85. The third kappa shape index (κ3) is 5.27. The summed E-state index contributed by atoms with van der Waals surface area (Å²) in [4.78, 5) is 23.2. The minimum absolute atomic E-state index is 0.125. The Morgan fingerprint density at radius 1 is 1.40 bits per heavy atom. The van der Waals surface area contributed by atoms with E-state index in [1.807, 2.05) is 32.2 Å². The van der Waals surface area contributed by atoms with E-state index in [0.717, 1.165) is 21.8 Å². The average molecular weight is 280 g/mol. The Labute approximate surface area is 118 Å². The van der Waals surface area contributed by atoms with Gasteiger partial charge in [0.2, 0.25) is 5.91 Å². The number of benzene rings is 1. The summed E-state index contributed by atoms with van der Waals surface area (Å²) in [5.74, 6) is 0.0665. The smallest absolute Gasteiger partial charge is 0.275 e. The van der Waals surface area contributed by atoms with Gasteiger partial charge in [0.15, 0.2) is 6.54 Å². The number of ether oxygens (including phenoxy) is 1. The Kier molecular flexibility index (Phi) is 5.99. The van der Waals surface area contributed by atoms with Gasteiger partial charge in [-0.1, -0.05) is 11.6 Å². The highest BCUT2D eigenvalue weighted by molar-refractivity contribution is 5.84. The molecule has 0 aliphatic rings. The molecule has 1 unspecified atom stereocenters. The van der Waals surface area contributed by atoms with Gasteiger partial charge < -0.3 is 20.7 Å². The zero-order valence-electron chi connectivity index (χ0n) is 12.2. The number of hydrogen-bond acceptors (Lipinski definition) is 3. The number of hydrogen-bond donors (Lipinski definition) is 3. The Morgan fingerprint density at radius 3 is 2.70 bits per heavy atom. The van der Waals surface area contributed by atoms with Gasteiger partial charge in [-0.25, -0.2) is 0 Å². The Balaban J connectivity index is 2.57. The van der Waals surface area contributed by atoms with Crippen LogP contribution >= 0.6 is 0 Å². The second-order valence-electron chi connectivity index (χ2n) is 4.87. The summed E-state index contributed by atoms with van der Waals surface area (Å²) in [6.45, 7) is 2.82. The van der Waals surface area contributed by atoms with E-state index in [9.17, 15) is 9.59 Å². The van der Waals surface area contributed by atoms with Gasteiger partial charge in [0, 0.05) is 5.56 Å². The second-order valence-corrected chi connectivity index (χ2v) is 4.87. The molecule has 6 nitrogen and oxygen atoms in total. The molecule has 0 heterocycles. The predicted molar refractivity (Wildman–Crippen MR) is 75.4 cm³/mol. The van der Waals surface area contributed by atoms with Crippen molar-refractivity contribution in [3.63, 3.8) is 0 Å². The van der Waals surface area contributed by atoms with Crippen molar-refractivity contribution in [2.75, 3.05) is 27.2 Å². The van der Waals surface area contributed by atoms with Gasteiger partial charge in [0.1, 0.15) is 12.3 Å². The molecule has 2 amide bonds. The number of nitrogens with two attached hydrogens (primary N) is 1. The van der Waals surface area contributed by atoms with E-state index in [1.165, 1.54) is 0 Å². The van der Waals surface area contributed by atoms with E-state index in [-0.39, 0.29) is 19.0 Å². The zero-order chi connectivity index (χ0) is 15.1. The molecule has 0 bridgehead atoms. The first-order chi connectivity index (χ1) is 9.42. The lowest BCUT2D eigenvalue weighted by Gasteiger charge is -2.16. The number of carbonyl (C=O) groups excluding carboxylic acids is 2. The number of nitrogens with one attached hydrogen (secondary N) is 2. The first kappa shape index (κ1) is 16.0. The van der Waals surface area contributed by atoms with Crippen molar-refractivity contribution in [1.29, 1.82) is 0 Å². The van der Waals surface area contributed by atoms with Crippen LogP contribution in [0, 0.1) is 6.92 Å². The average Bonchev–Trinajstić information content (AvgIpc) is 2.36. The third-order valence-corrected chi connectivity index (χ3v) is 2.85. The number of likely N-dealkylation sites (N-methyl/N-ethyl adjacent to an activating group) is 1. The van der Waals surface area contributed by atoms with E-state index < -0.39 is 5.91 Å². The van der Waals surface area contributed by atoms with Crippen LogP contribution < -0.4 is 20.7 Å². The molecule has 0 aliphatic heterocycles. The molecule has 0 aliphatic carbocycles. The molecule has 1 rings (SSSR count). The molecule has 0 saturated carbocycles. The maximum atomic E-state index is 11.6. The molecule has 0 aromatic heterocycles. The lowest BCUT2D eigenvalue weighted by molar-refractivity contribution is -0.885. The summed E-state index contributed by atoms with van der Waals surface area (Å²) < 4.78 is 5.31. The standard InChI is InChI=1S/C14H21N3O3/c1-10-4-5-12(20-3)11(6-10)8-17(2)9-14(19)16-7-13(15)18/h4-6H,7-9H2,1-3H3,(H2,15,18)(H,16,19)/p+1. The molecule has 1 aromatic carbocycles. The molecule has 110 valence electrons. The Morgan fingerprint density at radius 2 is 2.10 bits per heavy atom. The molecule has 4 N–H and O–H groups in total. The van der Waals surface area contributed by atoms with Gasteiger partial charge in [-0.3, -0.25) is 9.59 Å². The summed E-state index contributed by atoms with van der Waals surface area (Å²) in [5, 5.41) is 2.47. The van der Waals surface area contributed by atoms with Crippen LogP contribution in [0.4, 0.5) is 0 Å². The molecular formula is C14H22N3O3+. The van der Waals surface area contributed by atoms with Gasteiger partial charge >= 0.3 is 0 Å². The summed E-state index contributed by atoms with van der Waals surface area (Å²) in [7, 11) is 3.54. The lowest BCUT2D eigenvalue weighted by Crippen LogP contribution is -3.08. The van der Waals surface area contributed by atoms with Crippen LogP contribution in [0.25, 0.3) is 0 Å². The van der Waals surface area contributed by atoms with Gasteiger partial charge in [0.25, 0.3) is 5.91 Å². The maximum Gasteiger partial charge on any atom is 0.275 e. The van der Waals surface area contributed by atoms with Crippen molar-refractivity contribution in [1.82, 2.24) is 5.32 Å². The molecule has 0 fully saturated rings. The van der Waals surface area contributed by atoms with E-state index in [4.69, 9.17) is 10.5 Å². The zero-order valence-corrected chi connectivity index (χ0v) is 12.2. The van der Waals surface area contributed by atoms with Crippen molar-refractivity contribution in [2.45, 2.75) is 13.5 Å². The molecular weight excluding hydrogens is 258 g/mol. The number of rotatable bonds is 7. The van der Waals surface area contributed by atoms with Crippen LogP contribution in [0.2, 0.25) is 0 Å². The number of primary amides is 1. The van der Waals surface area contributed by atoms with Crippen LogP contribution in [0.1, 0.15) is 11.1 Å². The molecule has 0 saturated heterocycles. The topological polar surface area (TPSA) is 85.9 Å². The summed E-state index contributed by atoms with van der Waals surface area (Å²) in [6, 6.07) is 5.95. The van der Waals surface area contributed by atoms with E-state index in [1.54, 1.807) is 7.11 Å². The fourth-order valence-electron chi connectivity index (χ4n) is 1.96. The van der Waals surface area contributed by atoms with Crippen LogP contribution in [0.15, 0.2) is 18.2 Å². The van der Waals surface area contributed by atoms with Crippen LogP contribution in [0.3, 0.4) is 0 Å². The normalized spacial score (nSPS) is 11.8. The number of methoxy groups -OCH3 is 1. The van der Waals surface area contributed by atoms with Gasteiger partial charge in [-0.2, -0.15) is 0 Å². The van der Waals surface area contributed by atoms with Crippen molar-refractivity contribution in [3.05, 3.63) is 29.3 Å². The largest absolute Gasteiger partial charge is 0.496 e. The minimum Gasteiger partial charge on any atom is -0.496 e. The molecule has 1 aromatic rings. The molecule has 0 spiro atoms. The maximum absolute atomic E-state index is 11.6. The number of quaternary nitrogens is 1. The molecule has 1 atom stereocenters. The predicted octanol–water partition coefficient (Wildman–Crippen LogP) is -1.38. The fourth-order valence-corrected chi connectivity index (χ4v) is 1.96. The molecule has 6 heteroatoms. The van der Waals surface area contributed by atoms with Crippen molar-refractivity contribution in [3.8, 4) is 5.75 Å². The molecule has 0 radical (unpaired) electrons. The van der Waals surface area contributed by atoms with Crippen LogP contribution in [-0.2, 0) is 16.1 Å². The Bertz CT molecular complexity index is 489. The summed E-state index contributed by atoms with van der Waals surface area (Å²) in [6.07, 6.45) is 0. The van der Waals surface area contributed by atoms with Gasteiger partial charge in [-0.15, -0.1) is 0 Å². The summed E-state index contributed by atoms with van der Waals surface area (Å²) in [5.41, 5.74) is 7.17. The highest BCUT2D eigenvalue weighted by atomic mass is 16.5. The Hall–Kier alpha value is -2.08. The van der Waals surface area contributed by atoms with Crippen LogP contribution in [-0.4, -0.2) is 39.1 Å². The minimum atomic E-state index is -0.545. The van der Waals surface area contributed by atoms with Crippen molar-refractivity contribution < 1.29 is 19.2 Å². The summed E-state index contributed by atoms with van der Waals surface area (Å²) >= 11 is 0. The first-order valence-corrected chi connectivity index (χ1v) is 6.42. The number of amides is 2. The second kappa shape index (κ2) is 7.49. The van der Waals surface area contributed by atoms with Crippen molar-refractivity contribution in [2.24, 2.45) is 5.73 Å². The quantitative estimate of drug-likeness (QED) is 0.575. The van der Waals surface area contributed by atoms with Crippen molar-refractivity contribution >= 4 is 11.8 Å². The number of aryl methyl sites for hydroxylation is 1. The number of carbonyl (C=O) groups is 2. The van der Waals surface area contributed by atoms with Crippen LogP contribution in [0.5, 0.6) is 5.75 Å². The fraction of sp³-hybridized carbons (Fsp3) is 0.429. The van der Waals surface area contributed by atoms with E-state index >= 15 is 0 Å². The van der Waals surface area contributed by atoms with Gasteiger partial charge in [0.05, 0.1) is 20.7 Å². The monoisotopic (exact) mass is 280 g/mol. The van der Waals surface area contributed by atoms with E-state index in [0.29, 0.717) is 6.54 Å². The highest BCUT2D eigenvalue weighted by Gasteiger charge is 2.13.